The van der Waals surface area contributed by atoms with Gasteiger partial charge in [0.05, 0.1) is 12.2 Å². The molecule has 148 valence electrons. The summed E-state index contributed by atoms with van der Waals surface area (Å²) in [6.45, 7) is 5.29. The fourth-order valence-corrected chi connectivity index (χ4v) is 4.00. The Hall–Kier alpha value is -1.95. The molecule has 5 nitrogen and oxygen atoms in total. The molecule has 2 fully saturated rings. The molecule has 2 saturated heterocycles. The molecule has 27 heavy (non-hydrogen) atoms. The van der Waals surface area contributed by atoms with E-state index in [1.165, 1.54) is 18.9 Å². The highest BCUT2D eigenvalue weighted by molar-refractivity contribution is 5.92. The molecule has 0 aliphatic carbocycles. The topological polar surface area (TPSA) is 52.7 Å². The van der Waals surface area contributed by atoms with Gasteiger partial charge in [-0.15, -0.1) is 0 Å². The second-order valence-electron chi connectivity index (χ2n) is 7.82. The Morgan fingerprint density at radius 2 is 1.74 bits per heavy atom. The van der Waals surface area contributed by atoms with Crippen LogP contribution in [-0.4, -0.2) is 54.3 Å². The zero-order valence-electron chi connectivity index (χ0n) is 16.2. The Kier molecular flexibility index (Phi) is 6.83. The van der Waals surface area contributed by atoms with Crippen molar-refractivity contribution in [1.82, 2.24) is 9.80 Å². The normalized spacial score (nSPS) is 19.6. The smallest absolute Gasteiger partial charge is 0.238 e. The average Bonchev–Trinajstić information content (AvgIpc) is 2.93. The number of anilines is 1. The molecule has 2 aliphatic rings. The van der Waals surface area contributed by atoms with Gasteiger partial charge >= 0.3 is 0 Å². The molecule has 0 aromatic heterocycles. The molecule has 0 radical (unpaired) electrons. The van der Waals surface area contributed by atoms with Crippen molar-refractivity contribution in [2.24, 2.45) is 5.92 Å². The van der Waals surface area contributed by atoms with Gasteiger partial charge in [0, 0.05) is 19.0 Å². The lowest BCUT2D eigenvalue weighted by Crippen LogP contribution is -2.44. The Bertz CT molecular complexity index is 663. The van der Waals surface area contributed by atoms with E-state index in [9.17, 15) is 14.0 Å². The largest absolute Gasteiger partial charge is 0.342 e. The number of amides is 2. The summed E-state index contributed by atoms with van der Waals surface area (Å²) in [4.78, 5) is 29.0. The van der Waals surface area contributed by atoms with Crippen LogP contribution in [0.25, 0.3) is 0 Å². The first-order chi connectivity index (χ1) is 13.0. The molecule has 1 aromatic carbocycles. The zero-order valence-corrected chi connectivity index (χ0v) is 16.2. The number of halogens is 1. The molecule has 2 heterocycles. The summed E-state index contributed by atoms with van der Waals surface area (Å²) >= 11 is 0. The van der Waals surface area contributed by atoms with Crippen LogP contribution in [0.4, 0.5) is 10.1 Å². The van der Waals surface area contributed by atoms with E-state index in [1.807, 2.05) is 16.7 Å². The van der Waals surface area contributed by atoms with Gasteiger partial charge in [0.1, 0.15) is 5.82 Å². The third kappa shape index (κ3) is 5.51. The monoisotopic (exact) mass is 375 g/mol. The van der Waals surface area contributed by atoms with Crippen molar-refractivity contribution in [1.29, 1.82) is 0 Å². The molecule has 0 unspecified atom stereocenters. The molecule has 1 N–H and O–H groups in total. The first-order valence-electron chi connectivity index (χ1n) is 10.1. The number of carbonyl (C=O) groups is 2. The number of rotatable bonds is 4. The summed E-state index contributed by atoms with van der Waals surface area (Å²) < 4.78 is 13.9. The minimum Gasteiger partial charge on any atom is -0.342 e. The number of carbonyl (C=O) groups excluding carboxylic acids is 2. The van der Waals surface area contributed by atoms with Crippen molar-refractivity contribution in [3.05, 3.63) is 29.6 Å². The van der Waals surface area contributed by atoms with Crippen LogP contribution in [0.15, 0.2) is 18.2 Å². The lowest BCUT2D eigenvalue weighted by molar-refractivity contribution is -0.137. The SMILES string of the molecule is Cc1ccc(NC(=O)CN2CCC(C(=O)N3CCCCCC3)CC2)c(F)c1. The van der Waals surface area contributed by atoms with Crippen LogP contribution < -0.4 is 5.32 Å². The molecule has 3 rings (SSSR count). The van der Waals surface area contributed by atoms with Crippen molar-refractivity contribution in [2.75, 3.05) is 38.0 Å². The summed E-state index contributed by atoms with van der Waals surface area (Å²) in [5.74, 6) is -0.250. The van der Waals surface area contributed by atoms with Gasteiger partial charge in [0.25, 0.3) is 0 Å². The zero-order chi connectivity index (χ0) is 19.2. The van der Waals surface area contributed by atoms with Crippen molar-refractivity contribution < 1.29 is 14.0 Å². The average molecular weight is 375 g/mol. The first-order valence-corrected chi connectivity index (χ1v) is 10.1. The third-order valence-corrected chi connectivity index (χ3v) is 5.62. The number of hydrogen-bond acceptors (Lipinski definition) is 3. The summed E-state index contributed by atoms with van der Waals surface area (Å²) in [7, 11) is 0. The number of piperidine rings is 1. The molecule has 0 bridgehead atoms. The van der Waals surface area contributed by atoms with Crippen LogP contribution in [0.2, 0.25) is 0 Å². The molecule has 1 aromatic rings. The molecule has 2 aliphatic heterocycles. The van der Waals surface area contributed by atoms with Gasteiger partial charge in [-0.05, 0) is 63.4 Å². The van der Waals surface area contributed by atoms with E-state index in [4.69, 9.17) is 0 Å². The van der Waals surface area contributed by atoms with E-state index in [-0.39, 0.29) is 24.1 Å². The van der Waals surface area contributed by atoms with E-state index < -0.39 is 5.82 Å². The first kappa shape index (κ1) is 19.8. The second kappa shape index (κ2) is 9.31. The Morgan fingerprint density at radius 3 is 2.37 bits per heavy atom. The van der Waals surface area contributed by atoms with E-state index in [0.29, 0.717) is 5.91 Å². The van der Waals surface area contributed by atoms with Crippen molar-refractivity contribution in [2.45, 2.75) is 45.4 Å². The van der Waals surface area contributed by atoms with E-state index in [2.05, 4.69) is 5.32 Å². The van der Waals surface area contributed by atoms with Crippen LogP contribution in [0.5, 0.6) is 0 Å². The highest BCUT2D eigenvalue weighted by atomic mass is 19.1. The molecular formula is C21H30FN3O2. The fourth-order valence-electron chi connectivity index (χ4n) is 4.00. The van der Waals surface area contributed by atoms with Gasteiger partial charge in [-0.3, -0.25) is 14.5 Å². The molecule has 0 saturated carbocycles. The maximum atomic E-state index is 13.9. The fraction of sp³-hybridized carbons (Fsp3) is 0.619. The Balaban J connectivity index is 1.44. The lowest BCUT2D eigenvalue weighted by atomic mass is 9.95. The molecule has 2 amide bonds. The second-order valence-corrected chi connectivity index (χ2v) is 7.82. The van der Waals surface area contributed by atoms with Crippen LogP contribution >= 0.6 is 0 Å². The van der Waals surface area contributed by atoms with Gasteiger partial charge in [-0.1, -0.05) is 18.9 Å². The summed E-state index contributed by atoms with van der Waals surface area (Å²) in [5, 5.41) is 2.65. The molecule has 6 heteroatoms. The highest BCUT2D eigenvalue weighted by Crippen LogP contribution is 2.22. The number of benzene rings is 1. The highest BCUT2D eigenvalue weighted by Gasteiger charge is 2.29. The number of likely N-dealkylation sites (tertiary alicyclic amines) is 2. The minimum atomic E-state index is -0.412. The van der Waals surface area contributed by atoms with Crippen LogP contribution in [0, 0.1) is 18.7 Å². The molecule has 0 atom stereocenters. The quantitative estimate of drug-likeness (QED) is 0.879. The maximum absolute atomic E-state index is 13.9. The van der Waals surface area contributed by atoms with Crippen molar-refractivity contribution in [3.8, 4) is 0 Å². The molecule has 0 spiro atoms. The number of hydrogen-bond donors (Lipinski definition) is 1. The maximum Gasteiger partial charge on any atom is 0.238 e. The van der Waals surface area contributed by atoms with Gasteiger partial charge in [0.2, 0.25) is 11.8 Å². The summed E-state index contributed by atoms with van der Waals surface area (Å²) in [6.07, 6.45) is 6.25. The van der Waals surface area contributed by atoms with Gasteiger partial charge in [0.15, 0.2) is 0 Å². The van der Waals surface area contributed by atoms with Gasteiger partial charge in [-0.25, -0.2) is 4.39 Å². The number of nitrogens with one attached hydrogen (secondary N) is 1. The third-order valence-electron chi connectivity index (χ3n) is 5.62. The van der Waals surface area contributed by atoms with Crippen LogP contribution in [-0.2, 0) is 9.59 Å². The van der Waals surface area contributed by atoms with Gasteiger partial charge < -0.3 is 10.2 Å². The van der Waals surface area contributed by atoms with Crippen molar-refractivity contribution >= 4 is 17.5 Å². The summed E-state index contributed by atoms with van der Waals surface area (Å²) in [6, 6.07) is 4.78. The van der Waals surface area contributed by atoms with E-state index >= 15 is 0 Å². The van der Waals surface area contributed by atoms with Crippen molar-refractivity contribution in [3.63, 3.8) is 0 Å². The number of nitrogens with zero attached hydrogens (tertiary/aromatic N) is 2. The Labute approximate surface area is 160 Å². The van der Waals surface area contributed by atoms with Gasteiger partial charge in [-0.2, -0.15) is 0 Å². The molecular weight excluding hydrogens is 345 g/mol. The Morgan fingerprint density at radius 1 is 1.07 bits per heavy atom. The van der Waals surface area contributed by atoms with E-state index in [0.717, 1.165) is 57.4 Å². The van der Waals surface area contributed by atoms with E-state index in [1.54, 1.807) is 12.1 Å². The standard InChI is InChI=1S/C21H30FN3O2/c1-16-6-7-19(18(22)14-16)23-20(26)15-24-12-8-17(9-13-24)21(27)25-10-4-2-3-5-11-25/h6-7,14,17H,2-5,8-13,15H2,1H3,(H,23,26). The number of aryl methyl sites for hydroxylation is 1. The van der Waals surface area contributed by atoms with Crippen LogP contribution in [0.3, 0.4) is 0 Å². The minimum absolute atomic E-state index is 0.0805. The summed E-state index contributed by atoms with van der Waals surface area (Å²) in [5.41, 5.74) is 1.04. The predicted molar refractivity (Wildman–Crippen MR) is 104 cm³/mol. The lowest BCUT2D eigenvalue weighted by Gasteiger charge is -2.33. The van der Waals surface area contributed by atoms with Crippen LogP contribution in [0.1, 0.15) is 44.1 Å². The predicted octanol–water partition coefficient (Wildman–Crippen LogP) is 3.19.